The third kappa shape index (κ3) is 2.91. The SMILES string of the molecule is OC[C@H](c1ccccc1)N1CCCC1C1CCCCC1. The second-order valence-corrected chi connectivity index (χ2v) is 6.45. The molecule has 110 valence electrons. The molecule has 3 rings (SSSR count). The molecule has 1 aromatic rings. The van der Waals surface area contributed by atoms with Crippen LogP contribution in [0.2, 0.25) is 0 Å². The van der Waals surface area contributed by atoms with E-state index in [1.165, 1.54) is 50.5 Å². The molecule has 0 aromatic heterocycles. The van der Waals surface area contributed by atoms with Crippen LogP contribution in [-0.4, -0.2) is 29.2 Å². The average molecular weight is 273 g/mol. The maximum atomic E-state index is 9.91. The maximum Gasteiger partial charge on any atom is 0.0628 e. The quantitative estimate of drug-likeness (QED) is 0.903. The second kappa shape index (κ2) is 6.73. The lowest BCUT2D eigenvalue weighted by Gasteiger charge is -2.38. The van der Waals surface area contributed by atoms with Crippen molar-refractivity contribution >= 4 is 0 Å². The van der Waals surface area contributed by atoms with Gasteiger partial charge in [-0.25, -0.2) is 0 Å². The summed E-state index contributed by atoms with van der Waals surface area (Å²) in [6, 6.07) is 11.5. The Labute approximate surface area is 122 Å². The van der Waals surface area contributed by atoms with Crippen molar-refractivity contribution in [2.24, 2.45) is 5.92 Å². The summed E-state index contributed by atoms with van der Waals surface area (Å²) in [5.74, 6) is 0.865. The van der Waals surface area contributed by atoms with Gasteiger partial charge in [-0.2, -0.15) is 0 Å². The first-order chi connectivity index (χ1) is 9.90. The van der Waals surface area contributed by atoms with E-state index < -0.39 is 0 Å². The molecule has 2 aliphatic rings. The zero-order valence-electron chi connectivity index (χ0n) is 12.4. The van der Waals surface area contributed by atoms with Gasteiger partial charge >= 0.3 is 0 Å². The summed E-state index contributed by atoms with van der Waals surface area (Å²) in [7, 11) is 0. The van der Waals surface area contributed by atoms with Crippen LogP contribution >= 0.6 is 0 Å². The Kier molecular flexibility index (Phi) is 4.74. The summed E-state index contributed by atoms with van der Waals surface area (Å²) < 4.78 is 0. The molecule has 1 heterocycles. The van der Waals surface area contributed by atoms with Crippen molar-refractivity contribution in [2.75, 3.05) is 13.2 Å². The van der Waals surface area contributed by atoms with E-state index in [0.717, 1.165) is 12.5 Å². The molecule has 2 heteroatoms. The van der Waals surface area contributed by atoms with Crippen LogP contribution in [0.25, 0.3) is 0 Å². The molecule has 20 heavy (non-hydrogen) atoms. The molecule has 0 spiro atoms. The highest BCUT2D eigenvalue weighted by molar-refractivity contribution is 5.20. The van der Waals surface area contributed by atoms with Crippen molar-refractivity contribution < 1.29 is 5.11 Å². The van der Waals surface area contributed by atoms with E-state index in [1.807, 2.05) is 0 Å². The van der Waals surface area contributed by atoms with Gasteiger partial charge in [0.15, 0.2) is 0 Å². The van der Waals surface area contributed by atoms with Gasteiger partial charge in [-0.15, -0.1) is 0 Å². The van der Waals surface area contributed by atoms with Crippen molar-refractivity contribution in [2.45, 2.75) is 57.0 Å². The van der Waals surface area contributed by atoms with Crippen molar-refractivity contribution in [3.05, 3.63) is 35.9 Å². The van der Waals surface area contributed by atoms with Gasteiger partial charge in [-0.05, 0) is 43.7 Å². The first-order valence-electron chi connectivity index (χ1n) is 8.31. The van der Waals surface area contributed by atoms with Gasteiger partial charge in [0.1, 0.15) is 0 Å². The lowest BCUT2D eigenvalue weighted by atomic mass is 9.82. The summed E-state index contributed by atoms with van der Waals surface area (Å²) >= 11 is 0. The van der Waals surface area contributed by atoms with E-state index in [-0.39, 0.29) is 12.6 Å². The average Bonchev–Trinajstić information content (AvgIpc) is 2.99. The van der Waals surface area contributed by atoms with E-state index in [2.05, 4.69) is 35.2 Å². The van der Waals surface area contributed by atoms with Gasteiger partial charge in [0.05, 0.1) is 12.6 Å². The van der Waals surface area contributed by atoms with E-state index in [0.29, 0.717) is 6.04 Å². The molecule has 0 radical (unpaired) electrons. The summed E-state index contributed by atoms with van der Waals surface area (Å²) in [6.07, 6.45) is 9.65. The molecule has 1 unspecified atom stereocenters. The number of aliphatic hydroxyl groups excluding tert-OH is 1. The fourth-order valence-corrected chi connectivity index (χ4v) is 4.30. The van der Waals surface area contributed by atoms with Gasteiger partial charge in [0.2, 0.25) is 0 Å². The predicted octanol–water partition coefficient (Wildman–Crippen LogP) is 3.76. The van der Waals surface area contributed by atoms with Gasteiger partial charge < -0.3 is 5.11 Å². The Balaban J connectivity index is 1.76. The van der Waals surface area contributed by atoms with Gasteiger partial charge in [0.25, 0.3) is 0 Å². The standard InChI is InChI=1S/C18H27NO/c20-14-18(16-10-5-2-6-11-16)19-13-7-12-17(19)15-8-3-1-4-9-15/h2,5-6,10-11,15,17-18,20H,1,3-4,7-9,12-14H2/t17?,18-/m1/s1. The Morgan fingerprint density at radius 2 is 1.75 bits per heavy atom. The van der Waals surface area contributed by atoms with Gasteiger partial charge in [0, 0.05) is 6.04 Å². The van der Waals surface area contributed by atoms with Gasteiger partial charge in [-0.3, -0.25) is 4.90 Å². The van der Waals surface area contributed by atoms with Crippen molar-refractivity contribution in [3.63, 3.8) is 0 Å². The Hall–Kier alpha value is -0.860. The molecule has 1 aliphatic carbocycles. The molecule has 2 atom stereocenters. The lowest BCUT2D eigenvalue weighted by Crippen LogP contribution is -2.40. The van der Waals surface area contributed by atoms with Crippen LogP contribution in [0.4, 0.5) is 0 Å². The maximum absolute atomic E-state index is 9.91. The lowest BCUT2D eigenvalue weighted by molar-refractivity contribution is 0.0741. The fraction of sp³-hybridized carbons (Fsp3) is 0.667. The number of hydrogen-bond donors (Lipinski definition) is 1. The normalized spacial score (nSPS) is 26.8. The highest BCUT2D eigenvalue weighted by Gasteiger charge is 2.36. The molecule has 2 nitrogen and oxygen atoms in total. The Morgan fingerprint density at radius 3 is 2.45 bits per heavy atom. The highest BCUT2D eigenvalue weighted by atomic mass is 16.3. The molecule has 1 saturated heterocycles. The summed E-state index contributed by atoms with van der Waals surface area (Å²) in [5, 5.41) is 9.91. The van der Waals surface area contributed by atoms with Crippen LogP contribution in [0.5, 0.6) is 0 Å². The minimum Gasteiger partial charge on any atom is -0.394 e. The minimum absolute atomic E-state index is 0.200. The third-order valence-corrected chi connectivity index (χ3v) is 5.29. The second-order valence-electron chi connectivity index (χ2n) is 6.45. The Bertz CT molecular complexity index is 399. The smallest absolute Gasteiger partial charge is 0.0628 e. The van der Waals surface area contributed by atoms with Crippen molar-refractivity contribution in [3.8, 4) is 0 Å². The topological polar surface area (TPSA) is 23.5 Å². The zero-order chi connectivity index (χ0) is 13.8. The molecular weight excluding hydrogens is 246 g/mol. The molecule has 0 bridgehead atoms. The highest BCUT2D eigenvalue weighted by Crippen LogP contribution is 2.38. The van der Waals surface area contributed by atoms with Crippen LogP contribution in [0.15, 0.2) is 30.3 Å². The zero-order valence-corrected chi connectivity index (χ0v) is 12.4. The Morgan fingerprint density at radius 1 is 1.00 bits per heavy atom. The predicted molar refractivity (Wildman–Crippen MR) is 82.6 cm³/mol. The molecular formula is C18H27NO. The van der Waals surface area contributed by atoms with Crippen molar-refractivity contribution in [1.29, 1.82) is 0 Å². The first kappa shape index (κ1) is 14.1. The molecule has 2 fully saturated rings. The minimum atomic E-state index is 0.200. The number of benzene rings is 1. The number of nitrogens with zero attached hydrogens (tertiary/aromatic N) is 1. The van der Waals surface area contributed by atoms with Crippen LogP contribution in [0, 0.1) is 5.92 Å². The molecule has 1 aromatic carbocycles. The van der Waals surface area contributed by atoms with Crippen molar-refractivity contribution in [1.82, 2.24) is 4.90 Å². The van der Waals surface area contributed by atoms with Crippen LogP contribution < -0.4 is 0 Å². The van der Waals surface area contributed by atoms with E-state index in [4.69, 9.17) is 0 Å². The fourth-order valence-electron chi connectivity index (χ4n) is 4.30. The van der Waals surface area contributed by atoms with Gasteiger partial charge in [-0.1, -0.05) is 49.6 Å². The number of aliphatic hydroxyl groups is 1. The number of likely N-dealkylation sites (tertiary alicyclic amines) is 1. The van der Waals surface area contributed by atoms with Crippen LogP contribution in [-0.2, 0) is 0 Å². The van der Waals surface area contributed by atoms with E-state index in [9.17, 15) is 5.11 Å². The van der Waals surface area contributed by atoms with Crippen LogP contribution in [0.1, 0.15) is 56.6 Å². The van der Waals surface area contributed by atoms with Crippen LogP contribution in [0.3, 0.4) is 0 Å². The van der Waals surface area contributed by atoms with E-state index in [1.54, 1.807) is 0 Å². The number of rotatable bonds is 4. The summed E-state index contributed by atoms with van der Waals surface area (Å²) in [6.45, 7) is 1.40. The largest absolute Gasteiger partial charge is 0.394 e. The first-order valence-corrected chi connectivity index (χ1v) is 8.31. The molecule has 1 saturated carbocycles. The third-order valence-electron chi connectivity index (χ3n) is 5.29. The molecule has 1 N–H and O–H groups in total. The van der Waals surface area contributed by atoms with E-state index >= 15 is 0 Å². The number of hydrogen-bond acceptors (Lipinski definition) is 2. The summed E-state index contributed by atoms with van der Waals surface area (Å²) in [4.78, 5) is 2.60. The molecule has 1 aliphatic heterocycles. The summed E-state index contributed by atoms with van der Waals surface area (Å²) in [5.41, 5.74) is 1.28. The monoisotopic (exact) mass is 273 g/mol. The molecule has 0 amide bonds.